The molecule has 2 aromatic rings. The standard InChI is InChI=1S/C14H21N3O/c1-10(2)18-11-6-7-13-12(9-11)16-14(17(13)3)5-4-8-15/h6-7,9-10H,4-5,8,15H2,1-3H3. The molecule has 1 aromatic heterocycles. The summed E-state index contributed by atoms with van der Waals surface area (Å²) < 4.78 is 7.81. The molecule has 0 aliphatic rings. The van der Waals surface area contributed by atoms with Gasteiger partial charge in [-0.15, -0.1) is 0 Å². The molecule has 2 N–H and O–H groups in total. The quantitative estimate of drug-likeness (QED) is 0.881. The highest BCUT2D eigenvalue weighted by Gasteiger charge is 2.08. The summed E-state index contributed by atoms with van der Waals surface area (Å²) in [6.07, 6.45) is 2.07. The minimum atomic E-state index is 0.183. The van der Waals surface area contributed by atoms with Gasteiger partial charge in [0.15, 0.2) is 0 Å². The molecule has 0 spiro atoms. The van der Waals surface area contributed by atoms with Gasteiger partial charge in [0.05, 0.1) is 17.1 Å². The second-order valence-electron chi connectivity index (χ2n) is 4.80. The van der Waals surface area contributed by atoms with Gasteiger partial charge in [0.1, 0.15) is 11.6 Å². The molecule has 0 saturated heterocycles. The zero-order valence-electron chi connectivity index (χ0n) is 11.3. The fourth-order valence-corrected chi connectivity index (χ4v) is 2.06. The third-order valence-electron chi connectivity index (χ3n) is 2.92. The number of aryl methyl sites for hydroxylation is 2. The summed E-state index contributed by atoms with van der Waals surface area (Å²) >= 11 is 0. The first-order valence-electron chi connectivity index (χ1n) is 6.44. The van der Waals surface area contributed by atoms with E-state index in [1.54, 1.807) is 0 Å². The summed E-state index contributed by atoms with van der Waals surface area (Å²) in [5.41, 5.74) is 7.67. The summed E-state index contributed by atoms with van der Waals surface area (Å²) in [6, 6.07) is 6.06. The van der Waals surface area contributed by atoms with Crippen LogP contribution in [-0.2, 0) is 13.5 Å². The molecule has 1 heterocycles. The van der Waals surface area contributed by atoms with Gasteiger partial charge < -0.3 is 15.0 Å². The van der Waals surface area contributed by atoms with Crippen LogP contribution in [-0.4, -0.2) is 22.2 Å². The number of imidazole rings is 1. The molecule has 0 unspecified atom stereocenters. The molecule has 0 radical (unpaired) electrons. The van der Waals surface area contributed by atoms with Crippen LogP contribution < -0.4 is 10.5 Å². The van der Waals surface area contributed by atoms with E-state index in [9.17, 15) is 0 Å². The molecule has 2 rings (SSSR count). The van der Waals surface area contributed by atoms with Crippen molar-refractivity contribution >= 4 is 11.0 Å². The van der Waals surface area contributed by atoms with Gasteiger partial charge in [-0.1, -0.05) is 0 Å². The molecule has 98 valence electrons. The molecular weight excluding hydrogens is 226 g/mol. The molecule has 4 nitrogen and oxygen atoms in total. The molecule has 0 atom stereocenters. The average Bonchev–Trinajstić information content (AvgIpc) is 2.62. The molecule has 1 aromatic carbocycles. The van der Waals surface area contributed by atoms with Gasteiger partial charge in [-0.25, -0.2) is 4.98 Å². The van der Waals surface area contributed by atoms with Crippen LogP contribution in [0.2, 0.25) is 0 Å². The summed E-state index contributed by atoms with van der Waals surface area (Å²) in [5.74, 6) is 1.96. The lowest BCUT2D eigenvalue weighted by Gasteiger charge is -2.09. The van der Waals surface area contributed by atoms with Crippen molar-refractivity contribution in [3.05, 3.63) is 24.0 Å². The third-order valence-corrected chi connectivity index (χ3v) is 2.92. The fraction of sp³-hybridized carbons (Fsp3) is 0.500. The SMILES string of the molecule is CC(C)Oc1ccc2c(c1)nc(CCCN)n2C. The summed E-state index contributed by atoms with van der Waals surface area (Å²) in [4.78, 5) is 4.65. The number of rotatable bonds is 5. The highest BCUT2D eigenvalue weighted by molar-refractivity contribution is 5.77. The molecule has 0 fully saturated rings. The highest BCUT2D eigenvalue weighted by atomic mass is 16.5. The van der Waals surface area contributed by atoms with E-state index < -0.39 is 0 Å². The van der Waals surface area contributed by atoms with Crippen LogP contribution in [0, 0.1) is 0 Å². The van der Waals surface area contributed by atoms with Crippen LogP contribution in [0.3, 0.4) is 0 Å². The maximum absolute atomic E-state index is 5.68. The molecular formula is C14H21N3O. The van der Waals surface area contributed by atoms with Crippen molar-refractivity contribution in [3.8, 4) is 5.75 Å². The largest absolute Gasteiger partial charge is 0.491 e. The van der Waals surface area contributed by atoms with Crippen molar-refractivity contribution in [3.63, 3.8) is 0 Å². The first kappa shape index (κ1) is 12.9. The molecule has 0 aliphatic heterocycles. The number of nitrogens with zero attached hydrogens (tertiary/aromatic N) is 2. The predicted octanol–water partition coefficient (Wildman–Crippen LogP) is 2.25. The zero-order valence-corrected chi connectivity index (χ0v) is 11.3. The van der Waals surface area contributed by atoms with E-state index in [0.29, 0.717) is 6.54 Å². The maximum Gasteiger partial charge on any atom is 0.121 e. The van der Waals surface area contributed by atoms with Crippen molar-refractivity contribution in [1.29, 1.82) is 0 Å². The van der Waals surface area contributed by atoms with Gasteiger partial charge in [-0.2, -0.15) is 0 Å². The fourth-order valence-electron chi connectivity index (χ4n) is 2.06. The molecule has 4 heteroatoms. The average molecular weight is 247 g/mol. The lowest BCUT2D eigenvalue weighted by atomic mass is 10.3. The number of ether oxygens (including phenoxy) is 1. The Kier molecular flexibility index (Phi) is 3.87. The van der Waals surface area contributed by atoms with E-state index in [4.69, 9.17) is 10.5 Å². The Balaban J connectivity index is 2.32. The van der Waals surface area contributed by atoms with Crippen LogP contribution in [0.4, 0.5) is 0 Å². The number of benzene rings is 1. The van der Waals surface area contributed by atoms with Crippen molar-refractivity contribution < 1.29 is 4.74 Å². The minimum absolute atomic E-state index is 0.183. The Morgan fingerprint density at radius 3 is 2.83 bits per heavy atom. The van der Waals surface area contributed by atoms with E-state index in [0.717, 1.165) is 35.4 Å². The normalized spacial score (nSPS) is 11.4. The van der Waals surface area contributed by atoms with E-state index in [1.165, 1.54) is 0 Å². The smallest absolute Gasteiger partial charge is 0.121 e. The van der Waals surface area contributed by atoms with Crippen LogP contribution in [0.15, 0.2) is 18.2 Å². The van der Waals surface area contributed by atoms with Crippen LogP contribution in [0.1, 0.15) is 26.1 Å². The Hall–Kier alpha value is -1.55. The highest BCUT2D eigenvalue weighted by Crippen LogP contribution is 2.22. The molecule has 0 bridgehead atoms. The van der Waals surface area contributed by atoms with E-state index in [2.05, 4.69) is 15.6 Å². The molecule has 18 heavy (non-hydrogen) atoms. The van der Waals surface area contributed by atoms with Crippen molar-refractivity contribution in [2.75, 3.05) is 6.54 Å². The number of nitrogens with two attached hydrogens (primary N) is 1. The van der Waals surface area contributed by atoms with Gasteiger partial charge in [-0.3, -0.25) is 0 Å². The second-order valence-corrected chi connectivity index (χ2v) is 4.80. The molecule has 0 saturated carbocycles. The van der Waals surface area contributed by atoms with E-state index in [1.807, 2.05) is 33.0 Å². The molecule has 0 aliphatic carbocycles. The monoisotopic (exact) mass is 247 g/mol. The van der Waals surface area contributed by atoms with Crippen LogP contribution in [0.25, 0.3) is 11.0 Å². The lowest BCUT2D eigenvalue weighted by Crippen LogP contribution is -2.05. The number of fused-ring (bicyclic) bond motifs is 1. The van der Waals surface area contributed by atoms with Gasteiger partial charge in [0.25, 0.3) is 0 Å². The number of aromatic nitrogens is 2. The van der Waals surface area contributed by atoms with Crippen LogP contribution >= 0.6 is 0 Å². The summed E-state index contributed by atoms with van der Waals surface area (Å²) in [6.45, 7) is 4.75. The van der Waals surface area contributed by atoms with Crippen molar-refractivity contribution in [2.45, 2.75) is 32.8 Å². The van der Waals surface area contributed by atoms with E-state index in [-0.39, 0.29) is 6.10 Å². The van der Waals surface area contributed by atoms with E-state index >= 15 is 0 Å². The number of hydrogen-bond donors (Lipinski definition) is 1. The Morgan fingerprint density at radius 1 is 1.39 bits per heavy atom. The maximum atomic E-state index is 5.68. The van der Waals surface area contributed by atoms with Crippen molar-refractivity contribution in [2.24, 2.45) is 12.8 Å². The first-order valence-corrected chi connectivity index (χ1v) is 6.44. The summed E-state index contributed by atoms with van der Waals surface area (Å²) in [7, 11) is 2.05. The second kappa shape index (κ2) is 5.40. The van der Waals surface area contributed by atoms with Gasteiger partial charge in [0.2, 0.25) is 0 Å². The van der Waals surface area contributed by atoms with Gasteiger partial charge in [0, 0.05) is 19.5 Å². The third kappa shape index (κ3) is 2.64. The number of hydrogen-bond acceptors (Lipinski definition) is 3. The summed E-state index contributed by atoms with van der Waals surface area (Å²) in [5, 5.41) is 0. The van der Waals surface area contributed by atoms with Crippen LogP contribution in [0.5, 0.6) is 5.75 Å². The Bertz CT molecular complexity index is 531. The van der Waals surface area contributed by atoms with Gasteiger partial charge in [-0.05, 0) is 38.9 Å². The molecule has 0 amide bonds. The Morgan fingerprint density at radius 2 is 2.17 bits per heavy atom. The van der Waals surface area contributed by atoms with Crippen molar-refractivity contribution in [1.82, 2.24) is 9.55 Å². The predicted molar refractivity (Wildman–Crippen MR) is 73.9 cm³/mol. The topological polar surface area (TPSA) is 53.1 Å². The minimum Gasteiger partial charge on any atom is -0.491 e. The van der Waals surface area contributed by atoms with Gasteiger partial charge >= 0.3 is 0 Å². The Labute approximate surface area is 108 Å². The lowest BCUT2D eigenvalue weighted by molar-refractivity contribution is 0.242. The first-order chi connectivity index (χ1) is 8.61. The zero-order chi connectivity index (χ0) is 13.1.